The van der Waals surface area contributed by atoms with Gasteiger partial charge in [-0.15, -0.1) is 0 Å². The van der Waals surface area contributed by atoms with E-state index in [0.717, 1.165) is 42.4 Å². The smallest absolute Gasteiger partial charge is 0.277 e. The Balaban J connectivity index is 1.49. The lowest BCUT2D eigenvalue weighted by molar-refractivity contribution is 0.0655. The van der Waals surface area contributed by atoms with Crippen molar-refractivity contribution >= 4 is 12.0 Å². The molecule has 1 fully saturated rings. The molecule has 3 aromatic rings. The molecule has 2 heterocycles. The van der Waals surface area contributed by atoms with E-state index < -0.39 is 17.2 Å². The van der Waals surface area contributed by atoms with Gasteiger partial charge in [-0.05, 0) is 66.0 Å². The van der Waals surface area contributed by atoms with E-state index in [4.69, 9.17) is 4.74 Å². The number of pyridine rings is 1. The van der Waals surface area contributed by atoms with Crippen LogP contribution in [0.15, 0.2) is 59.0 Å². The van der Waals surface area contributed by atoms with Gasteiger partial charge < -0.3 is 9.64 Å². The molecule has 0 saturated heterocycles. The second-order valence-electron chi connectivity index (χ2n) is 11.0. The standard InChI is InChI=1S/C31H29F2N3O3/c1-2-3-14-39-29-26(37)12-13-35-28(29)30(38)34(17-19-8-9-19)18-36(35)31-21(15-20-6-4-5-7-23(20)31)16-22-24(31)10-11-25(32)27(22)33/h4-7,10-13,16,19H,2-3,8-9,14-15,17-18H2,1H3. The van der Waals surface area contributed by atoms with Crippen LogP contribution in [-0.4, -0.2) is 35.3 Å². The molecule has 1 unspecified atom stereocenters. The zero-order chi connectivity index (χ0) is 26.9. The van der Waals surface area contributed by atoms with Crippen molar-refractivity contribution < 1.29 is 18.3 Å². The van der Waals surface area contributed by atoms with Crippen LogP contribution in [0.1, 0.15) is 65.3 Å². The van der Waals surface area contributed by atoms with Crippen LogP contribution in [0.25, 0.3) is 6.08 Å². The summed E-state index contributed by atoms with van der Waals surface area (Å²) in [6, 6.07) is 12.3. The van der Waals surface area contributed by atoms with Crippen LogP contribution >= 0.6 is 0 Å². The average molecular weight is 530 g/mol. The van der Waals surface area contributed by atoms with Crippen LogP contribution in [0.4, 0.5) is 8.78 Å². The lowest BCUT2D eigenvalue weighted by Crippen LogP contribution is -2.62. The van der Waals surface area contributed by atoms with Gasteiger partial charge in [-0.2, -0.15) is 0 Å². The number of unbranched alkanes of at least 4 members (excludes halogenated alkanes) is 1. The van der Waals surface area contributed by atoms with Crippen LogP contribution in [0.5, 0.6) is 5.75 Å². The maximum atomic E-state index is 15.3. The van der Waals surface area contributed by atoms with E-state index in [1.807, 2.05) is 30.1 Å². The Kier molecular flexibility index (Phi) is 5.44. The summed E-state index contributed by atoms with van der Waals surface area (Å²) in [4.78, 5) is 28.8. The molecule has 0 radical (unpaired) electrons. The summed E-state index contributed by atoms with van der Waals surface area (Å²) in [6.07, 6.45) is 7.68. The Labute approximate surface area is 225 Å². The van der Waals surface area contributed by atoms with Gasteiger partial charge >= 0.3 is 0 Å². The van der Waals surface area contributed by atoms with Crippen molar-refractivity contribution in [1.82, 2.24) is 9.58 Å². The highest BCUT2D eigenvalue weighted by Crippen LogP contribution is 2.56. The Morgan fingerprint density at radius 1 is 1.05 bits per heavy atom. The number of carbonyl (C=O) groups excluding carboxylic acids is 1. The third-order valence-corrected chi connectivity index (χ3v) is 8.49. The fraction of sp³-hybridized carbons (Fsp3) is 0.355. The van der Waals surface area contributed by atoms with Gasteiger partial charge in [0, 0.05) is 24.4 Å². The van der Waals surface area contributed by atoms with E-state index >= 15 is 4.39 Å². The van der Waals surface area contributed by atoms with Crippen LogP contribution < -0.4 is 15.2 Å². The van der Waals surface area contributed by atoms with Gasteiger partial charge in [0.05, 0.1) is 6.61 Å². The average Bonchev–Trinajstić information content (AvgIpc) is 3.61. The largest absolute Gasteiger partial charge is 0.487 e. The molecule has 1 atom stereocenters. The molecule has 3 aliphatic carbocycles. The fourth-order valence-electron chi connectivity index (χ4n) is 6.48. The van der Waals surface area contributed by atoms with E-state index in [1.54, 1.807) is 27.9 Å². The number of hydrogen-bond donors (Lipinski definition) is 0. The Morgan fingerprint density at radius 3 is 2.67 bits per heavy atom. The molecule has 4 aliphatic rings. The monoisotopic (exact) mass is 529 g/mol. The highest BCUT2D eigenvalue weighted by atomic mass is 19.2. The molecule has 200 valence electrons. The van der Waals surface area contributed by atoms with Crippen molar-refractivity contribution in [1.29, 1.82) is 0 Å². The van der Waals surface area contributed by atoms with Crippen LogP contribution in [0.3, 0.4) is 0 Å². The summed E-state index contributed by atoms with van der Waals surface area (Å²) in [5.41, 5.74) is 2.66. The molecule has 0 bridgehead atoms. The number of fused-ring (bicyclic) bond motifs is 6. The summed E-state index contributed by atoms with van der Waals surface area (Å²) in [6.45, 7) is 3.15. The predicted molar refractivity (Wildman–Crippen MR) is 143 cm³/mol. The first-order chi connectivity index (χ1) is 18.9. The number of carbonyl (C=O) groups is 1. The minimum Gasteiger partial charge on any atom is -0.487 e. The maximum Gasteiger partial charge on any atom is 0.277 e. The van der Waals surface area contributed by atoms with Crippen molar-refractivity contribution in [3.05, 3.63) is 104 Å². The molecule has 1 aliphatic heterocycles. The summed E-state index contributed by atoms with van der Waals surface area (Å²) in [5, 5.41) is 2.04. The van der Waals surface area contributed by atoms with Gasteiger partial charge in [0.1, 0.15) is 12.2 Å². The maximum absolute atomic E-state index is 15.3. The highest BCUT2D eigenvalue weighted by Gasteiger charge is 2.56. The molecule has 8 heteroatoms. The fourth-order valence-corrected chi connectivity index (χ4v) is 6.48. The van der Waals surface area contributed by atoms with Crippen molar-refractivity contribution in [3.8, 4) is 5.75 Å². The molecular weight excluding hydrogens is 500 g/mol. The number of benzene rings is 2. The summed E-state index contributed by atoms with van der Waals surface area (Å²) < 4.78 is 37.4. The van der Waals surface area contributed by atoms with Crippen LogP contribution in [-0.2, 0) is 12.0 Å². The summed E-state index contributed by atoms with van der Waals surface area (Å²) in [7, 11) is 0. The van der Waals surface area contributed by atoms with Gasteiger partial charge in [-0.25, -0.2) is 8.78 Å². The topological polar surface area (TPSA) is 54.8 Å². The second kappa shape index (κ2) is 8.79. The van der Waals surface area contributed by atoms with E-state index in [0.29, 0.717) is 31.1 Å². The van der Waals surface area contributed by atoms with Gasteiger partial charge in [-0.1, -0.05) is 43.7 Å². The molecule has 1 saturated carbocycles. The number of rotatable bonds is 7. The van der Waals surface area contributed by atoms with Crippen molar-refractivity contribution in [2.45, 2.75) is 44.6 Å². The summed E-state index contributed by atoms with van der Waals surface area (Å²) in [5.74, 6) is -1.57. The third-order valence-electron chi connectivity index (χ3n) is 8.49. The minimum absolute atomic E-state index is 0.0400. The molecule has 6 nitrogen and oxygen atoms in total. The van der Waals surface area contributed by atoms with Gasteiger partial charge in [0.15, 0.2) is 23.1 Å². The normalized spacial score (nSPS) is 20.9. The second-order valence-corrected chi connectivity index (χ2v) is 11.0. The van der Waals surface area contributed by atoms with Gasteiger partial charge in [-0.3, -0.25) is 19.3 Å². The third kappa shape index (κ3) is 3.43. The Morgan fingerprint density at radius 2 is 1.87 bits per heavy atom. The molecule has 2 aromatic carbocycles. The van der Waals surface area contributed by atoms with E-state index in [1.165, 1.54) is 12.1 Å². The van der Waals surface area contributed by atoms with Crippen LogP contribution in [0.2, 0.25) is 0 Å². The number of ether oxygens (including phenoxy) is 1. The molecule has 1 amide bonds. The number of aromatic nitrogens is 1. The van der Waals surface area contributed by atoms with Gasteiger partial charge in [0.25, 0.3) is 5.91 Å². The molecule has 0 spiro atoms. The van der Waals surface area contributed by atoms with Gasteiger partial charge in [0.2, 0.25) is 5.43 Å². The molecule has 7 rings (SSSR count). The van der Waals surface area contributed by atoms with E-state index in [9.17, 15) is 14.0 Å². The molecule has 0 N–H and O–H groups in total. The predicted octanol–water partition coefficient (Wildman–Crippen LogP) is 4.96. The lowest BCUT2D eigenvalue weighted by atomic mass is 9.83. The zero-order valence-electron chi connectivity index (χ0n) is 21.8. The van der Waals surface area contributed by atoms with E-state index in [-0.39, 0.29) is 35.0 Å². The van der Waals surface area contributed by atoms with Crippen LogP contribution in [0, 0.1) is 17.6 Å². The zero-order valence-corrected chi connectivity index (χ0v) is 21.8. The summed E-state index contributed by atoms with van der Waals surface area (Å²) >= 11 is 0. The first-order valence-electron chi connectivity index (χ1n) is 13.7. The van der Waals surface area contributed by atoms with Crippen molar-refractivity contribution in [2.75, 3.05) is 24.8 Å². The van der Waals surface area contributed by atoms with Crippen molar-refractivity contribution in [3.63, 3.8) is 0 Å². The van der Waals surface area contributed by atoms with E-state index in [2.05, 4.69) is 6.07 Å². The number of amides is 1. The highest BCUT2D eigenvalue weighted by molar-refractivity contribution is 5.96. The Hall–Kier alpha value is -3.94. The first kappa shape index (κ1) is 24.1. The number of nitrogens with zero attached hydrogens (tertiary/aromatic N) is 3. The first-order valence-corrected chi connectivity index (χ1v) is 13.7. The lowest BCUT2D eigenvalue weighted by Gasteiger charge is -2.49. The molecular formula is C31H29F2N3O3. The quantitative estimate of drug-likeness (QED) is 0.406. The van der Waals surface area contributed by atoms with Crippen molar-refractivity contribution in [2.24, 2.45) is 5.92 Å². The molecule has 39 heavy (non-hydrogen) atoms. The number of hydrogen-bond acceptors (Lipinski definition) is 4. The Bertz CT molecular complexity index is 1610. The number of halogens is 2. The SMILES string of the molecule is CCCCOc1c2n(ccc1=O)N(C13C(=Cc4c1ccc(F)c4F)Cc1ccccc13)CN(CC1CC1)C2=O. The minimum atomic E-state index is -0.979. The molecule has 1 aromatic heterocycles.